The van der Waals surface area contributed by atoms with Gasteiger partial charge in [-0.05, 0) is 35.4 Å². The molecule has 3 amide bonds. The molecule has 6 nitrogen and oxygen atoms in total. The molecule has 0 aliphatic rings. The maximum Gasteiger partial charge on any atom is 0.243 e. The molecule has 0 unspecified atom stereocenters. The van der Waals surface area contributed by atoms with Gasteiger partial charge < -0.3 is 16.4 Å². The van der Waals surface area contributed by atoms with E-state index in [0.29, 0.717) is 11.1 Å². The van der Waals surface area contributed by atoms with Gasteiger partial charge in [-0.2, -0.15) is 0 Å². The number of benzene rings is 2. The standard InChI is InChI=1S/C20H21F2N3O3/c1-12(26)24-18(11-14-4-8-16(22)9-5-14)20(28)25-17(19(23)27)10-13-2-6-15(21)7-3-13/h2-9,17-18H,10-11H2,1H3,(H2,23,27)(H,24,26)(H,25,28)/t17-,18+/m1/s1. The SMILES string of the molecule is CC(=O)N[C@@H](Cc1ccc(F)cc1)C(=O)N[C@H](Cc1ccc(F)cc1)C(N)=O. The van der Waals surface area contributed by atoms with E-state index in [1.807, 2.05) is 0 Å². The Morgan fingerprint density at radius 3 is 1.64 bits per heavy atom. The fourth-order valence-corrected chi connectivity index (χ4v) is 2.66. The largest absolute Gasteiger partial charge is 0.368 e. The number of nitrogens with one attached hydrogen (secondary N) is 2. The van der Waals surface area contributed by atoms with E-state index < -0.39 is 41.4 Å². The number of halogens is 2. The summed E-state index contributed by atoms with van der Waals surface area (Å²) in [5, 5.41) is 5.03. The van der Waals surface area contributed by atoms with Gasteiger partial charge in [-0.1, -0.05) is 24.3 Å². The summed E-state index contributed by atoms with van der Waals surface area (Å²) in [4.78, 5) is 35.9. The van der Waals surface area contributed by atoms with Crippen LogP contribution in [0.3, 0.4) is 0 Å². The number of amides is 3. The van der Waals surface area contributed by atoms with E-state index in [4.69, 9.17) is 5.73 Å². The Kier molecular flexibility index (Phi) is 7.20. The highest BCUT2D eigenvalue weighted by Gasteiger charge is 2.25. The highest BCUT2D eigenvalue weighted by Crippen LogP contribution is 2.09. The summed E-state index contributed by atoms with van der Waals surface area (Å²) in [5.41, 5.74) is 6.62. The molecule has 0 fully saturated rings. The van der Waals surface area contributed by atoms with E-state index in [1.54, 1.807) is 0 Å². The highest BCUT2D eigenvalue weighted by atomic mass is 19.1. The van der Waals surface area contributed by atoms with Crippen LogP contribution in [-0.2, 0) is 27.2 Å². The number of hydrogen-bond acceptors (Lipinski definition) is 3. The molecule has 2 rings (SSSR count). The molecule has 0 saturated carbocycles. The second-order valence-electron chi connectivity index (χ2n) is 6.38. The normalized spacial score (nSPS) is 12.7. The lowest BCUT2D eigenvalue weighted by molar-refractivity contribution is -0.130. The summed E-state index contributed by atoms with van der Waals surface area (Å²) in [6.07, 6.45) is 0.179. The molecule has 0 aliphatic heterocycles. The van der Waals surface area contributed by atoms with Crippen molar-refractivity contribution in [3.8, 4) is 0 Å². The zero-order chi connectivity index (χ0) is 20.7. The molecule has 0 aromatic heterocycles. The third-order valence-corrected chi connectivity index (χ3v) is 4.06. The first-order valence-electron chi connectivity index (χ1n) is 8.60. The number of primary amides is 1. The molecule has 2 aromatic rings. The van der Waals surface area contributed by atoms with Crippen LogP contribution in [-0.4, -0.2) is 29.8 Å². The van der Waals surface area contributed by atoms with Gasteiger partial charge in [-0.15, -0.1) is 0 Å². The molecule has 2 aromatic carbocycles. The van der Waals surface area contributed by atoms with Crippen molar-refractivity contribution in [2.24, 2.45) is 5.73 Å². The van der Waals surface area contributed by atoms with Crippen molar-refractivity contribution in [1.29, 1.82) is 0 Å². The smallest absolute Gasteiger partial charge is 0.243 e. The van der Waals surface area contributed by atoms with Crippen molar-refractivity contribution >= 4 is 17.7 Å². The average molecular weight is 389 g/mol. The fraction of sp³-hybridized carbons (Fsp3) is 0.250. The van der Waals surface area contributed by atoms with Gasteiger partial charge >= 0.3 is 0 Å². The molecule has 4 N–H and O–H groups in total. The van der Waals surface area contributed by atoms with Crippen molar-refractivity contribution < 1.29 is 23.2 Å². The maximum absolute atomic E-state index is 13.1. The third kappa shape index (κ3) is 6.46. The van der Waals surface area contributed by atoms with Crippen LogP contribution >= 0.6 is 0 Å². The molecule has 8 heteroatoms. The Labute approximate surface area is 161 Å². The van der Waals surface area contributed by atoms with Crippen molar-refractivity contribution in [3.63, 3.8) is 0 Å². The quantitative estimate of drug-likeness (QED) is 0.633. The second-order valence-corrected chi connectivity index (χ2v) is 6.38. The Bertz CT molecular complexity index is 839. The number of carbonyl (C=O) groups excluding carboxylic acids is 3. The molecule has 0 saturated heterocycles. The van der Waals surface area contributed by atoms with E-state index >= 15 is 0 Å². The van der Waals surface area contributed by atoms with E-state index in [0.717, 1.165) is 0 Å². The molecule has 2 atom stereocenters. The van der Waals surface area contributed by atoms with E-state index in [2.05, 4.69) is 10.6 Å². The van der Waals surface area contributed by atoms with Crippen LogP contribution in [0.1, 0.15) is 18.1 Å². The van der Waals surface area contributed by atoms with E-state index in [9.17, 15) is 23.2 Å². The lowest BCUT2D eigenvalue weighted by Gasteiger charge is -2.22. The van der Waals surface area contributed by atoms with Crippen LogP contribution in [0.5, 0.6) is 0 Å². The summed E-state index contributed by atoms with van der Waals surface area (Å²) in [5.74, 6) is -2.64. The fourth-order valence-electron chi connectivity index (χ4n) is 2.66. The van der Waals surface area contributed by atoms with Crippen LogP contribution in [0.15, 0.2) is 48.5 Å². The number of carbonyl (C=O) groups is 3. The molecular formula is C20H21F2N3O3. The van der Waals surface area contributed by atoms with Crippen molar-refractivity contribution in [3.05, 3.63) is 71.3 Å². The van der Waals surface area contributed by atoms with Gasteiger partial charge in [-0.3, -0.25) is 14.4 Å². The molecule has 28 heavy (non-hydrogen) atoms. The predicted molar refractivity (Wildman–Crippen MR) is 98.9 cm³/mol. The zero-order valence-corrected chi connectivity index (χ0v) is 15.2. The summed E-state index contributed by atoms with van der Waals surface area (Å²) in [6, 6.07) is 8.94. The minimum atomic E-state index is -1.04. The Morgan fingerprint density at radius 1 is 0.821 bits per heavy atom. The minimum absolute atomic E-state index is 0.0741. The lowest BCUT2D eigenvalue weighted by atomic mass is 10.0. The van der Waals surface area contributed by atoms with Gasteiger partial charge in [0.2, 0.25) is 17.7 Å². The van der Waals surface area contributed by atoms with Gasteiger partial charge in [0.1, 0.15) is 23.7 Å². The lowest BCUT2D eigenvalue weighted by Crippen LogP contribution is -2.54. The zero-order valence-electron chi connectivity index (χ0n) is 15.2. The summed E-state index contributed by atoms with van der Waals surface area (Å²) in [7, 11) is 0. The summed E-state index contributed by atoms with van der Waals surface area (Å²) >= 11 is 0. The van der Waals surface area contributed by atoms with Crippen LogP contribution < -0.4 is 16.4 Å². The highest BCUT2D eigenvalue weighted by molar-refractivity contribution is 5.91. The van der Waals surface area contributed by atoms with Crippen molar-refractivity contribution in [2.75, 3.05) is 0 Å². The molecule has 0 bridgehead atoms. The Hall–Kier alpha value is -3.29. The second kappa shape index (κ2) is 9.59. The topological polar surface area (TPSA) is 101 Å². The molecule has 0 aliphatic carbocycles. The Morgan fingerprint density at radius 2 is 1.25 bits per heavy atom. The predicted octanol–water partition coefficient (Wildman–Crippen LogP) is 1.22. The third-order valence-electron chi connectivity index (χ3n) is 4.06. The molecule has 0 radical (unpaired) electrons. The average Bonchev–Trinajstić information content (AvgIpc) is 2.63. The van der Waals surface area contributed by atoms with Gasteiger partial charge in [0, 0.05) is 19.8 Å². The molecule has 0 spiro atoms. The van der Waals surface area contributed by atoms with Crippen LogP contribution in [0.4, 0.5) is 8.78 Å². The van der Waals surface area contributed by atoms with E-state index in [1.165, 1.54) is 55.5 Å². The van der Waals surface area contributed by atoms with Gasteiger partial charge in [-0.25, -0.2) is 8.78 Å². The van der Waals surface area contributed by atoms with Gasteiger partial charge in [0.25, 0.3) is 0 Å². The van der Waals surface area contributed by atoms with E-state index in [-0.39, 0.29) is 12.8 Å². The first-order chi connectivity index (χ1) is 13.2. The first kappa shape index (κ1) is 21.0. The number of rotatable bonds is 8. The Balaban J connectivity index is 2.11. The van der Waals surface area contributed by atoms with Crippen LogP contribution in [0.2, 0.25) is 0 Å². The first-order valence-corrected chi connectivity index (χ1v) is 8.60. The van der Waals surface area contributed by atoms with Crippen molar-refractivity contribution in [2.45, 2.75) is 31.8 Å². The molecule has 148 valence electrons. The molecular weight excluding hydrogens is 368 g/mol. The summed E-state index contributed by atoms with van der Waals surface area (Å²) in [6.45, 7) is 1.26. The number of nitrogens with two attached hydrogens (primary N) is 1. The minimum Gasteiger partial charge on any atom is -0.368 e. The number of hydrogen-bond donors (Lipinski definition) is 3. The van der Waals surface area contributed by atoms with Crippen LogP contribution in [0.25, 0.3) is 0 Å². The molecule has 0 heterocycles. The maximum atomic E-state index is 13.1. The van der Waals surface area contributed by atoms with Gasteiger partial charge in [0.15, 0.2) is 0 Å². The van der Waals surface area contributed by atoms with Crippen molar-refractivity contribution in [1.82, 2.24) is 10.6 Å². The summed E-state index contributed by atoms with van der Waals surface area (Å²) < 4.78 is 26.1. The van der Waals surface area contributed by atoms with Gasteiger partial charge in [0.05, 0.1) is 0 Å². The van der Waals surface area contributed by atoms with Crippen LogP contribution in [0, 0.1) is 11.6 Å². The monoisotopic (exact) mass is 389 g/mol.